The summed E-state index contributed by atoms with van der Waals surface area (Å²) in [7, 11) is 3.05. The van der Waals surface area contributed by atoms with Gasteiger partial charge in [-0.15, -0.1) is 0 Å². The molecule has 7 nitrogen and oxygen atoms in total. The van der Waals surface area contributed by atoms with Crippen molar-refractivity contribution in [1.29, 1.82) is 0 Å². The van der Waals surface area contributed by atoms with Crippen LogP contribution < -0.4 is 24.4 Å². The van der Waals surface area contributed by atoms with Crippen LogP contribution in [0.1, 0.15) is 16.9 Å². The van der Waals surface area contributed by atoms with Crippen molar-refractivity contribution >= 4 is 11.0 Å². The molecule has 1 aromatic heterocycles. The smallest absolute Gasteiger partial charge is 0.453 e. The van der Waals surface area contributed by atoms with E-state index in [9.17, 15) is 18.0 Å². The van der Waals surface area contributed by atoms with E-state index in [1.54, 1.807) is 13.2 Å². The summed E-state index contributed by atoms with van der Waals surface area (Å²) < 4.78 is 69.0. The molecule has 0 saturated heterocycles. The molecule has 0 bridgehead atoms. The van der Waals surface area contributed by atoms with Gasteiger partial charge in [0, 0.05) is 13.1 Å². The topological polar surface area (TPSA) is 70.4 Å². The summed E-state index contributed by atoms with van der Waals surface area (Å²) >= 11 is 0. The predicted octanol–water partition coefficient (Wildman–Crippen LogP) is 6.02. The lowest BCUT2D eigenvalue weighted by Gasteiger charge is -2.29. The lowest BCUT2D eigenvalue weighted by molar-refractivity contribution is -0.154. The first-order valence-electron chi connectivity index (χ1n) is 11.8. The van der Waals surface area contributed by atoms with Crippen LogP contribution in [0.15, 0.2) is 69.9 Å². The van der Waals surface area contributed by atoms with Crippen molar-refractivity contribution in [3.8, 4) is 28.7 Å². The largest absolute Gasteiger partial charge is 0.497 e. The predicted molar refractivity (Wildman–Crippen MR) is 133 cm³/mol. The molecule has 1 aliphatic heterocycles. The Balaban J connectivity index is 1.48. The molecule has 0 fully saturated rings. The fraction of sp³-hybridized carbons (Fsp3) is 0.250. The Kier molecular flexibility index (Phi) is 6.90. The average molecular weight is 527 g/mol. The van der Waals surface area contributed by atoms with E-state index >= 15 is 0 Å². The van der Waals surface area contributed by atoms with E-state index in [2.05, 4.69) is 0 Å². The Labute approximate surface area is 215 Å². The Morgan fingerprint density at radius 2 is 1.53 bits per heavy atom. The minimum atomic E-state index is -4.97. The fourth-order valence-electron chi connectivity index (χ4n) is 4.26. The van der Waals surface area contributed by atoms with Crippen LogP contribution in [0.3, 0.4) is 0 Å². The van der Waals surface area contributed by atoms with Crippen molar-refractivity contribution in [2.24, 2.45) is 0 Å². The first-order valence-corrected chi connectivity index (χ1v) is 11.8. The highest BCUT2D eigenvalue weighted by molar-refractivity contribution is 5.84. The van der Waals surface area contributed by atoms with Gasteiger partial charge in [-0.2, -0.15) is 13.2 Å². The number of hydrogen-bond acceptors (Lipinski definition) is 7. The second-order valence-electron chi connectivity index (χ2n) is 8.71. The SMILES string of the molecule is COc1ccc(CCN2COc3ccc4c(=O)c(Oc5ccc(OC)cc5)c(C(F)(F)F)oc4c3C2)cc1. The standard InChI is InChI=1S/C28H24F3NO6/c1-34-18-5-3-17(4-6-18)13-14-32-15-22-23(36-16-32)12-11-21-24(33)26(27(28(29,30)31)38-25(21)22)37-20-9-7-19(35-2)8-10-20/h3-12H,13-16H2,1-2H3. The van der Waals surface area contributed by atoms with Crippen LogP contribution in [0.25, 0.3) is 11.0 Å². The third-order valence-electron chi connectivity index (χ3n) is 6.28. The molecule has 0 unspecified atom stereocenters. The summed E-state index contributed by atoms with van der Waals surface area (Å²) in [4.78, 5) is 15.2. The lowest BCUT2D eigenvalue weighted by atomic mass is 10.1. The molecule has 38 heavy (non-hydrogen) atoms. The first kappa shape index (κ1) is 25.5. The van der Waals surface area contributed by atoms with E-state index in [1.165, 1.54) is 37.4 Å². The van der Waals surface area contributed by atoms with Gasteiger partial charge in [-0.1, -0.05) is 12.1 Å². The molecule has 1 aliphatic rings. The molecule has 0 spiro atoms. The number of methoxy groups -OCH3 is 2. The normalized spacial score (nSPS) is 13.6. The van der Waals surface area contributed by atoms with Crippen LogP contribution >= 0.6 is 0 Å². The summed E-state index contributed by atoms with van der Waals surface area (Å²) in [5.74, 6) is -0.784. The Morgan fingerprint density at radius 1 is 0.895 bits per heavy atom. The van der Waals surface area contributed by atoms with Gasteiger partial charge in [0.1, 0.15) is 35.3 Å². The molecule has 0 saturated carbocycles. The fourth-order valence-corrected chi connectivity index (χ4v) is 4.26. The van der Waals surface area contributed by atoms with Gasteiger partial charge >= 0.3 is 6.18 Å². The monoisotopic (exact) mass is 527 g/mol. The third-order valence-corrected chi connectivity index (χ3v) is 6.28. The van der Waals surface area contributed by atoms with Gasteiger partial charge in [0.05, 0.1) is 25.2 Å². The molecule has 4 aromatic rings. The van der Waals surface area contributed by atoms with E-state index in [-0.39, 0.29) is 30.0 Å². The first-order chi connectivity index (χ1) is 18.3. The van der Waals surface area contributed by atoms with E-state index in [4.69, 9.17) is 23.4 Å². The molecule has 10 heteroatoms. The maximum absolute atomic E-state index is 14.1. The molecule has 0 N–H and O–H groups in total. The molecule has 5 rings (SSSR count). The van der Waals surface area contributed by atoms with E-state index < -0.39 is 23.1 Å². The van der Waals surface area contributed by atoms with Gasteiger partial charge in [0.2, 0.25) is 11.2 Å². The van der Waals surface area contributed by atoms with Crippen LogP contribution in [-0.2, 0) is 19.1 Å². The highest BCUT2D eigenvalue weighted by atomic mass is 19.4. The number of alkyl halides is 3. The minimum absolute atomic E-state index is 0.0270. The van der Waals surface area contributed by atoms with E-state index in [0.717, 1.165) is 11.3 Å². The number of ether oxygens (including phenoxy) is 4. The Morgan fingerprint density at radius 3 is 2.16 bits per heavy atom. The van der Waals surface area contributed by atoms with Crippen LogP contribution in [0, 0.1) is 0 Å². The van der Waals surface area contributed by atoms with Gasteiger partial charge in [-0.3, -0.25) is 9.69 Å². The van der Waals surface area contributed by atoms with E-state index in [1.807, 2.05) is 29.2 Å². The molecule has 2 heterocycles. The number of nitrogens with zero attached hydrogens (tertiary/aromatic N) is 1. The van der Waals surface area contributed by atoms with Gasteiger partial charge in [0.25, 0.3) is 5.76 Å². The maximum atomic E-state index is 14.1. The second-order valence-corrected chi connectivity index (χ2v) is 8.71. The quantitative estimate of drug-likeness (QED) is 0.291. The Bertz CT molecular complexity index is 1500. The zero-order chi connectivity index (χ0) is 26.9. The minimum Gasteiger partial charge on any atom is -0.497 e. The summed E-state index contributed by atoms with van der Waals surface area (Å²) in [5.41, 5.74) is 0.353. The maximum Gasteiger partial charge on any atom is 0.453 e. The summed E-state index contributed by atoms with van der Waals surface area (Å²) in [6.45, 7) is 1.09. The number of halogens is 3. The number of hydrogen-bond donors (Lipinski definition) is 0. The highest BCUT2D eigenvalue weighted by Crippen LogP contribution is 2.41. The summed E-state index contributed by atoms with van der Waals surface area (Å²) in [6, 6.07) is 16.4. The number of rotatable bonds is 7. The van der Waals surface area contributed by atoms with Crippen molar-refractivity contribution in [2.45, 2.75) is 19.1 Å². The molecule has 0 radical (unpaired) electrons. The van der Waals surface area contributed by atoms with Crippen molar-refractivity contribution in [3.63, 3.8) is 0 Å². The summed E-state index contributed by atoms with van der Waals surface area (Å²) in [6.07, 6.45) is -4.29. The van der Waals surface area contributed by atoms with Crippen molar-refractivity contribution in [2.75, 3.05) is 27.5 Å². The van der Waals surface area contributed by atoms with Gasteiger partial charge < -0.3 is 23.4 Å². The average Bonchev–Trinajstić information content (AvgIpc) is 2.93. The number of benzene rings is 3. The molecule has 3 aromatic carbocycles. The molecular formula is C28H24F3NO6. The molecule has 0 aliphatic carbocycles. The molecular weight excluding hydrogens is 503 g/mol. The Hall–Kier alpha value is -4.18. The third kappa shape index (κ3) is 5.12. The second kappa shape index (κ2) is 10.3. The van der Waals surface area contributed by atoms with Crippen LogP contribution in [0.5, 0.6) is 28.7 Å². The van der Waals surface area contributed by atoms with Gasteiger partial charge in [0.15, 0.2) is 0 Å². The van der Waals surface area contributed by atoms with Crippen LogP contribution in [-0.4, -0.2) is 32.4 Å². The lowest BCUT2D eigenvalue weighted by Crippen LogP contribution is -2.34. The van der Waals surface area contributed by atoms with Crippen LogP contribution in [0.2, 0.25) is 0 Å². The molecule has 198 valence electrons. The molecule has 0 amide bonds. The zero-order valence-corrected chi connectivity index (χ0v) is 20.6. The molecule has 0 atom stereocenters. The van der Waals surface area contributed by atoms with Crippen molar-refractivity contribution < 1.29 is 36.5 Å². The van der Waals surface area contributed by atoms with E-state index in [0.29, 0.717) is 30.0 Å². The number of fused-ring (bicyclic) bond motifs is 3. The highest BCUT2D eigenvalue weighted by Gasteiger charge is 2.41. The van der Waals surface area contributed by atoms with Crippen LogP contribution in [0.4, 0.5) is 13.2 Å². The zero-order valence-electron chi connectivity index (χ0n) is 20.6. The summed E-state index contributed by atoms with van der Waals surface area (Å²) in [5, 5.41) is -0.0270. The van der Waals surface area contributed by atoms with Gasteiger partial charge in [-0.25, -0.2) is 0 Å². The van der Waals surface area contributed by atoms with Crippen molar-refractivity contribution in [1.82, 2.24) is 4.90 Å². The van der Waals surface area contributed by atoms with Gasteiger partial charge in [-0.05, 0) is 60.5 Å². The van der Waals surface area contributed by atoms with Crippen molar-refractivity contribution in [3.05, 3.63) is 87.8 Å².